The lowest BCUT2D eigenvalue weighted by atomic mass is 9.87. The zero-order valence-electron chi connectivity index (χ0n) is 20.7. The maximum Gasteiger partial charge on any atom is 0.416 e. The van der Waals surface area contributed by atoms with Gasteiger partial charge >= 0.3 is 12.2 Å². The number of piperidine rings is 1. The highest BCUT2D eigenvalue weighted by Crippen LogP contribution is 2.43. The number of amides is 3. The number of carbonyl (C=O) groups is 2. The van der Waals surface area contributed by atoms with Crippen LogP contribution in [-0.4, -0.2) is 64.9 Å². The average Bonchev–Trinajstić information content (AvgIpc) is 2.96. The third kappa shape index (κ3) is 5.75. The molecule has 1 atom stereocenters. The first-order valence-electron chi connectivity index (χ1n) is 12.4. The normalized spacial score (nSPS) is 25.9. The van der Waals surface area contributed by atoms with Crippen molar-refractivity contribution < 1.29 is 22.8 Å². The predicted octanol–water partition coefficient (Wildman–Crippen LogP) is 5.00. The van der Waals surface area contributed by atoms with Gasteiger partial charge in [-0.05, 0) is 64.6 Å². The number of likely N-dealkylation sites (tertiary alicyclic amines) is 1. The summed E-state index contributed by atoms with van der Waals surface area (Å²) >= 11 is 1.63. The lowest BCUT2D eigenvalue weighted by Gasteiger charge is -2.39. The molecule has 4 aliphatic rings. The second-order valence-electron chi connectivity index (χ2n) is 9.56. The Hall–Kier alpha value is -2.46. The molecule has 0 aromatic heterocycles. The van der Waals surface area contributed by atoms with Crippen LogP contribution in [0.3, 0.4) is 0 Å². The van der Waals surface area contributed by atoms with Gasteiger partial charge in [-0.15, -0.1) is 11.8 Å². The molecule has 3 amide bonds. The van der Waals surface area contributed by atoms with Crippen LogP contribution < -0.4 is 10.6 Å². The van der Waals surface area contributed by atoms with E-state index < -0.39 is 23.3 Å². The minimum absolute atomic E-state index is 0.0907. The molecule has 0 saturated carbocycles. The molecule has 0 bridgehead atoms. The Bertz CT molecular complexity index is 1040. The fourth-order valence-corrected chi connectivity index (χ4v) is 6.39. The Morgan fingerprint density at radius 2 is 1.92 bits per heavy atom. The fourth-order valence-electron chi connectivity index (χ4n) is 5.16. The van der Waals surface area contributed by atoms with E-state index in [1.165, 1.54) is 17.9 Å². The second kappa shape index (κ2) is 10.9. The van der Waals surface area contributed by atoms with Crippen molar-refractivity contribution >= 4 is 23.7 Å². The average molecular weight is 523 g/mol. The number of alkyl halides is 3. The molecule has 36 heavy (non-hydrogen) atoms. The summed E-state index contributed by atoms with van der Waals surface area (Å²) < 4.78 is 40.7. The SMILES string of the molecule is CC=C(/C=C1\C(C)SC2=C(C=CC=CC2)N1CCCCN1CCC2(CC1)NC(=O)NC2=O)C(F)(F)F. The number of hydrogen-bond acceptors (Lipinski definition) is 5. The Labute approximate surface area is 214 Å². The molecule has 6 nitrogen and oxygen atoms in total. The van der Waals surface area contributed by atoms with Crippen LogP contribution in [0.4, 0.5) is 18.0 Å². The number of carbonyl (C=O) groups excluding carboxylic acids is 2. The topological polar surface area (TPSA) is 64.7 Å². The van der Waals surface area contributed by atoms with Crippen LogP contribution in [0.15, 0.2) is 58.3 Å². The van der Waals surface area contributed by atoms with Gasteiger partial charge in [-0.2, -0.15) is 13.2 Å². The summed E-state index contributed by atoms with van der Waals surface area (Å²) in [6, 6.07) is -0.422. The molecule has 196 valence electrons. The van der Waals surface area contributed by atoms with Crippen LogP contribution >= 0.6 is 11.8 Å². The summed E-state index contributed by atoms with van der Waals surface area (Å²) in [6.45, 7) is 6.30. The smallest absolute Gasteiger partial charge is 0.343 e. The van der Waals surface area contributed by atoms with Crippen molar-refractivity contribution in [3.8, 4) is 0 Å². The highest BCUT2D eigenvalue weighted by Gasteiger charge is 2.47. The van der Waals surface area contributed by atoms with E-state index in [-0.39, 0.29) is 11.2 Å². The molecule has 0 aromatic rings. The number of rotatable bonds is 6. The van der Waals surface area contributed by atoms with Gasteiger partial charge in [0.15, 0.2) is 0 Å². The Kier molecular flexibility index (Phi) is 8.04. The standard InChI is InChI=1S/C26H33F3N4O2S/c1-3-19(26(27,28)29)17-21-18(2)36-22-10-6-4-5-9-20(22)33(21)14-8-7-13-32-15-11-25(12-16-32)23(34)30-24(35)31-25/h3-6,9,17-18H,7-8,10-16H2,1-2H3,(H2,30,31,34,35)/b19-3?,21-17+. The fraction of sp³-hybridized carbons (Fsp3) is 0.538. The third-order valence-corrected chi connectivity index (χ3v) is 8.46. The van der Waals surface area contributed by atoms with Crippen molar-refractivity contribution in [2.75, 3.05) is 26.2 Å². The Balaban J connectivity index is 1.41. The maximum atomic E-state index is 13.6. The van der Waals surface area contributed by atoms with E-state index in [1.807, 2.05) is 25.2 Å². The summed E-state index contributed by atoms with van der Waals surface area (Å²) in [5.41, 5.74) is 0.258. The van der Waals surface area contributed by atoms with Crippen molar-refractivity contribution in [2.24, 2.45) is 0 Å². The molecule has 10 heteroatoms. The molecule has 1 aliphatic carbocycles. The number of unbranched alkanes of at least 4 members (excludes halogenated alkanes) is 1. The van der Waals surface area contributed by atoms with Crippen LogP contribution in [0.25, 0.3) is 0 Å². The molecule has 3 aliphatic heterocycles. The second-order valence-corrected chi connectivity index (χ2v) is 11.0. The van der Waals surface area contributed by atoms with E-state index >= 15 is 0 Å². The summed E-state index contributed by atoms with van der Waals surface area (Å²) in [7, 11) is 0. The first kappa shape index (κ1) is 26.6. The van der Waals surface area contributed by atoms with Gasteiger partial charge in [0.1, 0.15) is 5.54 Å². The van der Waals surface area contributed by atoms with Crippen molar-refractivity contribution in [2.45, 2.75) is 62.9 Å². The summed E-state index contributed by atoms with van der Waals surface area (Å²) in [4.78, 5) is 29.2. The van der Waals surface area contributed by atoms with Crippen LogP contribution in [0.1, 0.15) is 46.0 Å². The van der Waals surface area contributed by atoms with E-state index in [1.54, 1.807) is 11.8 Å². The summed E-state index contributed by atoms with van der Waals surface area (Å²) in [5.74, 6) is -0.238. The lowest BCUT2D eigenvalue weighted by molar-refractivity contribution is -0.125. The quantitative estimate of drug-likeness (QED) is 0.380. The van der Waals surface area contributed by atoms with Crippen molar-refractivity contribution in [1.29, 1.82) is 0 Å². The molecule has 2 fully saturated rings. The molecule has 4 rings (SSSR count). The van der Waals surface area contributed by atoms with Crippen molar-refractivity contribution in [3.05, 3.63) is 58.3 Å². The van der Waals surface area contributed by atoms with Crippen molar-refractivity contribution in [1.82, 2.24) is 20.4 Å². The molecule has 0 radical (unpaired) electrons. The first-order valence-corrected chi connectivity index (χ1v) is 13.3. The zero-order chi connectivity index (χ0) is 25.9. The van der Waals surface area contributed by atoms with Crippen molar-refractivity contribution in [3.63, 3.8) is 0 Å². The number of nitrogens with zero attached hydrogens (tertiary/aromatic N) is 2. The zero-order valence-corrected chi connectivity index (χ0v) is 21.5. The van der Waals surface area contributed by atoms with E-state index in [0.717, 1.165) is 50.7 Å². The minimum atomic E-state index is -4.39. The maximum absolute atomic E-state index is 13.6. The number of hydrogen-bond donors (Lipinski definition) is 2. The van der Waals surface area contributed by atoms with Crippen LogP contribution in [0, 0.1) is 0 Å². The van der Waals surface area contributed by atoms with E-state index in [2.05, 4.69) is 26.5 Å². The van der Waals surface area contributed by atoms with Gasteiger partial charge in [-0.1, -0.05) is 24.3 Å². The van der Waals surface area contributed by atoms with Gasteiger partial charge in [-0.25, -0.2) is 4.79 Å². The Morgan fingerprint density at radius 1 is 1.19 bits per heavy atom. The molecular weight excluding hydrogens is 489 g/mol. The molecule has 2 saturated heterocycles. The largest absolute Gasteiger partial charge is 0.416 e. The first-order chi connectivity index (χ1) is 17.1. The number of thioether (sulfide) groups is 1. The molecule has 0 aromatic carbocycles. The van der Waals surface area contributed by atoms with Crippen LogP contribution in [0.5, 0.6) is 0 Å². The van der Waals surface area contributed by atoms with Crippen LogP contribution in [0.2, 0.25) is 0 Å². The molecule has 1 spiro atoms. The molecular formula is C26H33F3N4O2S. The predicted molar refractivity (Wildman–Crippen MR) is 136 cm³/mol. The summed E-state index contributed by atoms with van der Waals surface area (Å²) in [5, 5.41) is 5.02. The number of urea groups is 1. The number of nitrogens with one attached hydrogen (secondary N) is 2. The van der Waals surface area contributed by atoms with Crippen LogP contribution in [-0.2, 0) is 4.79 Å². The summed E-state index contributed by atoms with van der Waals surface area (Å²) in [6.07, 6.45) is 9.69. The van der Waals surface area contributed by atoms with E-state index in [4.69, 9.17) is 0 Å². The van der Waals surface area contributed by atoms with E-state index in [0.29, 0.717) is 25.1 Å². The Morgan fingerprint density at radius 3 is 2.56 bits per heavy atom. The monoisotopic (exact) mass is 522 g/mol. The van der Waals surface area contributed by atoms with Gasteiger partial charge in [0.25, 0.3) is 5.91 Å². The number of allylic oxidation sites excluding steroid dienone is 8. The molecule has 3 heterocycles. The number of imide groups is 1. The van der Waals surface area contributed by atoms with Gasteiger partial charge in [-0.3, -0.25) is 10.1 Å². The highest BCUT2D eigenvalue weighted by molar-refractivity contribution is 8.03. The van der Waals surface area contributed by atoms with Gasteiger partial charge in [0, 0.05) is 35.5 Å². The van der Waals surface area contributed by atoms with Gasteiger partial charge in [0.2, 0.25) is 0 Å². The molecule has 2 N–H and O–H groups in total. The minimum Gasteiger partial charge on any atom is -0.343 e. The third-order valence-electron chi connectivity index (χ3n) is 7.20. The molecule has 1 unspecified atom stereocenters. The highest BCUT2D eigenvalue weighted by atomic mass is 32.2. The van der Waals surface area contributed by atoms with Gasteiger partial charge in [0.05, 0.1) is 11.3 Å². The van der Waals surface area contributed by atoms with Gasteiger partial charge < -0.3 is 15.1 Å². The van der Waals surface area contributed by atoms with E-state index in [9.17, 15) is 22.8 Å². The number of halogens is 3. The lowest BCUT2D eigenvalue weighted by Crippen LogP contribution is -2.54.